The molecule has 0 unspecified atom stereocenters. The molecule has 2 N–H and O–H groups in total. The molecule has 4 nitrogen and oxygen atoms in total. The van der Waals surface area contributed by atoms with Crippen LogP contribution in [0.25, 0.3) is 11.1 Å². The zero-order valence-electron chi connectivity index (χ0n) is 15.2. The number of rotatable bonds is 4. The van der Waals surface area contributed by atoms with Gasteiger partial charge in [0.15, 0.2) is 0 Å². The molecular weight excluding hydrogens is 334 g/mol. The van der Waals surface area contributed by atoms with E-state index >= 15 is 0 Å². The SMILES string of the molecule is O=C(Nc1ccccc1N1CCNCC1)c1ccccc1-c1ccccc1. The molecule has 1 saturated heterocycles. The summed E-state index contributed by atoms with van der Waals surface area (Å²) in [5.41, 5.74) is 4.59. The average Bonchev–Trinajstić information content (AvgIpc) is 2.75. The fourth-order valence-corrected chi connectivity index (χ4v) is 3.50. The quantitative estimate of drug-likeness (QED) is 0.741. The summed E-state index contributed by atoms with van der Waals surface area (Å²) in [5, 5.41) is 6.50. The molecule has 1 aliphatic heterocycles. The Morgan fingerprint density at radius 1 is 0.815 bits per heavy atom. The van der Waals surface area contributed by atoms with E-state index in [4.69, 9.17) is 0 Å². The number of nitrogens with zero attached hydrogens (tertiary/aromatic N) is 1. The molecule has 3 aromatic rings. The molecule has 0 bridgehead atoms. The van der Waals surface area contributed by atoms with Crippen molar-refractivity contribution >= 4 is 17.3 Å². The highest BCUT2D eigenvalue weighted by atomic mass is 16.1. The molecule has 1 aliphatic rings. The second-order valence-corrected chi connectivity index (χ2v) is 6.62. The van der Waals surface area contributed by atoms with Crippen LogP contribution >= 0.6 is 0 Å². The van der Waals surface area contributed by atoms with Gasteiger partial charge in [-0.1, -0.05) is 60.7 Å². The summed E-state index contributed by atoms with van der Waals surface area (Å²) in [5.74, 6) is -0.0861. The van der Waals surface area contributed by atoms with Crippen molar-refractivity contribution in [2.24, 2.45) is 0 Å². The van der Waals surface area contributed by atoms with Gasteiger partial charge >= 0.3 is 0 Å². The first kappa shape index (κ1) is 17.3. The van der Waals surface area contributed by atoms with Gasteiger partial charge in [-0.25, -0.2) is 0 Å². The van der Waals surface area contributed by atoms with Crippen LogP contribution < -0.4 is 15.5 Å². The Morgan fingerprint density at radius 2 is 1.48 bits per heavy atom. The minimum absolute atomic E-state index is 0.0861. The third-order valence-corrected chi connectivity index (χ3v) is 4.87. The van der Waals surface area contributed by atoms with E-state index in [9.17, 15) is 4.79 Å². The number of para-hydroxylation sites is 2. The standard InChI is InChI=1S/C23H23N3O/c27-23(20-11-5-4-10-19(20)18-8-2-1-3-9-18)25-21-12-6-7-13-22(21)26-16-14-24-15-17-26/h1-13,24H,14-17H2,(H,25,27). The summed E-state index contributed by atoms with van der Waals surface area (Å²) in [6.07, 6.45) is 0. The third-order valence-electron chi connectivity index (χ3n) is 4.87. The first-order chi connectivity index (χ1) is 13.3. The topological polar surface area (TPSA) is 44.4 Å². The number of hydrogen-bond donors (Lipinski definition) is 2. The number of carbonyl (C=O) groups is 1. The summed E-state index contributed by atoms with van der Waals surface area (Å²) >= 11 is 0. The van der Waals surface area contributed by atoms with Gasteiger partial charge in [0.05, 0.1) is 11.4 Å². The lowest BCUT2D eigenvalue weighted by atomic mass is 9.99. The van der Waals surface area contributed by atoms with Crippen molar-refractivity contribution in [2.45, 2.75) is 0 Å². The van der Waals surface area contributed by atoms with Gasteiger partial charge in [-0.15, -0.1) is 0 Å². The maximum absolute atomic E-state index is 13.1. The van der Waals surface area contributed by atoms with Gasteiger partial charge in [0.1, 0.15) is 0 Å². The number of carbonyl (C=O) groups excluding carboxylic acids is 1. The Bertz CT molecular complexity index is 918. The maximum Gasteiger partial charge on any atom is 0.256 e. The molecule has 27 heavy (non-hydrogen) atoms. The van der Waals surface area contributed by atoms with Crippen LogP contribution in [0.1, 0.15) is 10.4 Å². The van der Waals surface area contributed by atoms with E-state index in [1.54, 1.807) is 0 Å². The van der Waals surface area contributed by atoms with Crippen LogP contribution in [0.2, 0.25) is 0 Å². The van der Waals surface area contributed by atoms with Crippen molar-refractivity contribution in [1.82, 2.24) is 5.32 Å². The zero-order chi connectivity index (χ0) is 18.5. The monoisotopic (exact) mass is 357 g/mol. The minimum Gasteiger partial charge on any atom is -0.367 e. The largest absolute Gasteiger partial charge is 0.367 e. The molecular formula is C23H23N3O. The Balaban J connectivity index is 1.63. The Morgan fingerprint density at radius 3 is 2.30 bits per heavy atom. The number of benzene rings is 3. The predicted octanol–water partition coefficient (Wildman–Crippen LogP) is 4.02. The summed E-state index contributed by atoms with van der Waals surface area (Å²) < 4.78 is 0. The highest BCUT2D eigenvalue weighted by Crippen LogP contribution is 2.28. The van der Waals surface area contributed by atoms with Gasteiger partial charge in [-0.05, 0) is 29.3 Å². The van der Waals surface area contributed by atoms with Crippen LogP contribution in [-0.2, 0) is 0 Å². The molecule has 0 radical (unpaired) electrons. The van der Waals surface area contributed by atoms with Crippen molar-refractivity contribution < 1.29 is 4.79 Å². The van der Waals surface area contributed by atoms with E-state index in [1.165, 1.54) is 0 Å². The summed E-state index contributed by atoms with van der Waals surface area (Å²) in [6, 6.07) is 25.8. The highest BCUT2D eigenvalue weighted by Gasteiger charge is 2.17. The van der Waals surface area contributed by atoms with Crippen LogP contribution in [0.4, 0.5) is 11.4 Å². The molecule has 0 aromatic heterocycles. The molecule has 4 rings (SSSR count). The summed E-state index contributed by atoms with van der Waals surface area (Å²) in [4.78, 5) is 15.4. The molecule has 1 heterocycles. The van der Waals surface area contributed by atoms with E-state index < -0.39 is 0 Å². The van der Waals surface area contributed by atoms with E-state index in [-0.39, 0.29) is 5.91 Å². The van der Waals surface area contributed by atoms with Gasteiger partial charge in [-0.3, -0.25) is 4.79 Å². The lowest BCUT2D eigenvalue weighted by molar-refractivity contribution is 0.102. The fraction of sp³-hybridized carbons (Fsp3) is 0.174. The van der Waals surface area contributed by atoms with Crippen LogP contribution in [0.3, 0.4) is 0 Å². The first-order valence-corrected chi connectivity index (χ1v) is 9.33. The van der Waals surface area contributed by atoms with Crippen LogP contribution in [0, 0.1) is 0 Å². The number of piperazine rings is 1. The summed E-state index contributed by atoms with van der Waals surface area (Å²) in [7, 11) is 0. The molecule has 0 atom stereocenters. The second kappa shape index (κ2) is 8.06. The van der Waals surface area contributed by atoms with Crippen LogP contribution in [0.15, 0.2) is 78.9 Å². The lowest BCUT2D eigenvalue weighted by Crippen LogP contribution is -2.43. The normalized spacial score (nSPS) is 14.0. The Hall–Kier alpha value is -3.11. The van der Waals surface area contributed by atoms with Gasteiger partial charge in [0, 0.05) is 31.7 Å². The third kappa shape index (κ3) is 3.86. The van der Waals surface area contributed by atoms with Gasteiger partial charge in [0.2, 0.25) is 0 Å². The van der Waals surface area contributed by atoms with Crippen LogP contribution in [-0.4, -0.2) is 32.1 Å². The molecule has 4 heteroatoms. The highest BCUT2D eigenvalue weighted by molar-refractivity contribution is 6.10. The molecule has 1 amide bonds. The van der Waals surface area contributed by atoms with Crippen molar-refractivity contribution in [3.05, 3.63) is 84.4 Å². The van der Waals surface area contributed by atoms with Gasteiger partial charge in [-0.2, -0.15) is 0 Å². The molecule has 0 spiro atoms. The van der Waals surface area contributed by atoms with E-state index in [0.29, 0.717) is 5.56 Å². The number of amides is 1. The van der Waals surface area contributed by atoms with E-state index in [2.05, 4.69) is 21.6 Å². The molecule has 136 valence electrons. The van der Waals surface area contributed by atoms with Gasteiger partial charge in [0.25, 0.3) is 5.91 Å². The molecule has 0 aliphatic carbocycles. The first-order valence-electron chi connectivity index (χ1n) is 9.33. The molecule has 1 fully saturated rings. The smallest absolute Gasteiger partial charge is 0.256 e. The van der Waals surface area contributed by atoms with Gasteiger partial charge < -0.3 is 15.5 Å². The number of anilines is 2. The minimum atomic E-state index is -0.0861. The maximum atomic E-state index is 13.1. The van der Waals surface area contributed by atoms with Crippen molar-refractivity contribution in [3.63, 3.8) is 0 Å². The van der Waals surface area contributed by atoms with E-state index in [1.807, 2.05) is 72.8 Å². The summed E-state index contributed by atoms with van der Waals surface area (Å²) in [6.45, 7) is 3.79. The average molecular weight is 357 g/mol. The number of nitrogens with one attached hydrogen (secondary N) is 2. The fourth-order valence-electron chi connectivity index (χ4n) is 3.50. The zero-order valence-corrected chi connectivity index (χ0v) is 15.2. The Kier molecular flexibility index (Phi) is 5.17. The van der Waals surface area contributed by atoms with Crippen LogP contribution in [0.5, 0.6) is 0 Å². The Labute approximate surface area is 159 Å². The van der Waals surface area contributed by atoms with Crippen molar-refractivity contribution in [1.29, 1.82) is 0 Å². The molecule has 3 aromatic carbocycles. The predicted molar refractivity (Wildman–Crippen MR) is 111 cm³/mol. The van der Waals surface area contributed by atoms with Crippen molar-refractivity contribution in [3.8, 4) is 11.1 Å². The molecule has 0 saturated carbocycles. The van der Waals surface area contributed by atoms with Crippen molar-refractivity contribution in [2.75, 3.05) is 36.4 Å². The lowest BCUT2D eigenvalue weighted by Gasteiger charge is -2.31. The second-order valence-electron chi connectivity index (χ2n) is 6.62. The number of hydrogen-bond acceptors (Lipinski definition) is 3. The van der Waals surface area contributed by atoms with E-state index in [0.717, 1.165) is 48.7 Å².